The summed E-state index contributed by atoms with van der Waals surface area (Å²) in [6.07, 6.45) is -8.16. The summed E-state index contributed by atoms with van der Waals surface area (Å²) >= 11 is 3.28. The summed E-state index contributed by atoms with van der Waals surface area (Å²) in [6, 6.07) is 23.1. The highest BCUT2D eigenvalue weighted by molar-refractivity contribution is 9.10. The lowest BCUT2D eigenvalue weighted by molar-refractivity contribution is -0.138. The molecule has 12 heteroatoms. The third-order valence-corrected chi connectivity index (χ3v) is 6.37. The van der Waals surface area contributed by atoms with Crippen LogP contribution in [-0.2, 0) is 18.8 Å². The quantitative estimate of drug-likeness (QED) is 0.131. The van der Waals surface area contributed by atoms with Gasteiger partial charge in [0.25, 0.3) is 0 Å². The number of hydrogen-bond acceptors (Lipinski definition) is 4. The maximum Gasteiger partial charge on any atom is 0.488 e. The highest BCUT2D eigenvalue weighted by atomic mass is 79.9. The molecule has 226 valence electrons. The van der Waals surface area contributed by atoms with E-state index in [1.54, 1.807) is 31.2 Å². The van der Waals surface area contributed by atoms with Crippen molar-refractivity contribution < 1.29 is 46.0 Å². The maximum absolute atomic E-state index is 12.4. The van der Waals surface area contributed by atoms with Crippen molar-refractivity contribution in [1.29, 1.82) is 0 Å². The van der Waals surface area contributed by atoms with Gasteiger partial charge < -0.3 is 10.0 Å². The molecule has 0 saturated heterocycles. The van der Waals surface area contributed by atoms with E-state index in [9.17, 15) is 35.9 Å². The molecular weight excluding hydrogens is 641 g/mol. The van der Waals surface area contributed by atoms with Gasteiger partial charge in [0.1, 0.15) is 0 Å². The first-order valence-electron chi connectivity index (χ1n) is 12.5. The van der Waals surface area contributed by atoms with Crippen LogP contribution in [0.25, 0.3) is 0 Å². The summed E-state index contributed by atoms with van der Waals surface area (Å²) in [5, 5.41) is 17.2. The van der Waals surface area contributed by atoms with Crippen LogP contribution < -0.4 is 5.46 Å². The molecule has 4 nitrogen and oxygen atoms in total. The van der Waals surface area contributed by atoms with E-state index in [1.807, 2.05) is 24.3 Å². The number of rotatable bonds is 5. The molecule has 0 spiro atoms. The van der Waals surface area contributed by atoms with Crippen LogP contribution in [0, 0.1) is 0 Å². The number of Topliss-reactive ketones (excluding diaryl/α,β-unsaturated/α-hetero) is 2. The van der Waals surface area contributed by atoms with Crippen molar-refractivity contribution in [2.24, 2.45) is 0 Å². The first-order valence-corrected chi connectivity index (χ1v) is 13.3. The van der Waals surface area contributed by atoms with E-state index in [1.165, 1.54) is 19.1 Å². The van der Waals surface area contributed by atoms with Crippen LogP contribution in [-0.4, -0.2) is 28.7 Å². The molecule has 43 heavy (non-hydrogen) atoms. The van der Waals surface area contributed by atoms with E-state index < -0.39 is 30.6 Å². The second-order valence-corrected chi connectivity index (χ2v) is 10.1. The first kappa shape index (κ1) is 35.5. The molecule has 0 fully saturated rings. The van der Waals surface area contributed by atoms with Gasteiger partial charge in [0.2, 0.25) is 0 Å². The van der Waals surface area contributed by atoms with Gasteiger partial charge in [0.05, 0.1) is 11.1 Å². The number of alkyl halides is 6. The molecule has 4 aromatic rings. The third-order valence-electron chi connectivity index (χ3n) is 5.84. The van der Waals surface area contributed by atoms with Crippen molar-refractivity contribution >= 4 is 40.1 Å². The molecule has 0 aliphatic carbocycles. The number of carbonyl (C=O) groups excluding carboxylic acids is 2. The smallest absolute Gasteiger partial charge is 0.423 e. The molecule has 0 aromatic heterocycles. The molecular formula is C31H26BBrF6O4. The number of benzene rings is 4. The highest BCUT2D eigenvalue weighted by Gasteiger charge is 2.31. The summed E-state index contributed by atoms with van der Waals surface area (Å²) in [7, 11) is -1.73. The van der Waals surface area contributed by atoms with Crippen LogP contribution in [0.15, 0.2) is 102 Å². The molecule has 0 aliphatic rings. The van der Waals surface area contributed by atoms with Gasteiger partial charge in [0, 0.05) is 15.6 Å². The monoisotopic (exact) mass is 666 g/mol. The standard InChI is InChI=1S/C16H13F3O.C8H7BrO.C7H6BF3O2/c1-11(20)14-6-2-12(3-7-14)10-13-4-8-15(9-5-13)16(17,18)19;1-6(10)7-2-4-8(9)5-3-7;9-7(10,11)5-1-3-6(4-2-5)8(12)13/h2-9H,10H2,1H3;2-5H,1H3;1-4,12-13H. The summed E-state index contributed by atoms with van der Waals surface area (Å²) in [5.41, 5.74) is 1.71. The summed E-state index contributed by atoms with van der Waals surface area (Å²) in [4.78, 5) is 21.9. The lowest BCUT2D eigenvalue weighted by atomic mass is 9.80. The van der Waals surface area contributed by atoms with E-state index in [-0.39, 0.29) is 17.0 Å². The highest BCUT2D eigenvalue weighted by Crippen LogP contribution is 2.29. The van der Waals surface area contributed by atoms with Crippen molar-refractivity contribution in [3.8, 4) is 0 Å². The van der Waals surface area contributed by atoms with Crippen molar-refractivity contribution in [2.75, 3.05) is 0 Å². The molecule has 0 unspecified atom stereocenters. The Morgan fingerprint density at radius 2 is 0.930 bits per heavy atom. The Bertz CT molecular complexity index is 1470. The Hall–Kier alpha value is -3.74. The van der Waals surface area contributed by atoms with E-state index in [0.717, 1.165) is 57.6 Å². The Balaban J connectivity index is 0.000000242. The van der Waals surface area contributed by atoms with Crippen molar-refractivity contribution in [3.05, 3.63) is 135 Å². The van der Waals surface area contributed by atoms with Crippen molar-refractivity contribution in [3.63, 3.8) is 0 Å². The van der Waals surface area contributed by atoms with E-state index in [0.29, 0.717) is 12.0 Å². The minimum atomic E-state index is -4.39. The Kier molecular flexibility index (Phi) is 12.9. The van der Waals surface area contributed by atoms with Crippen molar-refractivity contribution in [2.45, 2.75) is 32.6 Å². The zero-order chi connectivity index (χ0) is 32.4. The van der Waals surface area contributed by atoms with Crippen LogP contribution in [0.3, 0.4) is 0 Å². The molecule has 0 radical (unpaired) electrons. The van der Waals surface area contributed by atoms with Gasteiger partial charge in [-0.05, 0) is 61.1 Å². The van der Waals surface area contributed by atoms with E-state index >= 15 is 0 Å². The Morgan fingerprint density at radius 1 is 0.605 bits per heavy atom. The average Bonchev–Trinajstić information content (AvgIpc) is 2.94. The Labute approximate surface area is 253 Å². The number of hydrogen-bond donors (Lipinski definition) is 2. The molecule has 4 rings (SSSR count). The van der Waals surface area contributed by atoms with Gasteiger partial charge in [-0.3, -0.25) is 9.59 Å². The minimum absolute atomic E-state index is 0.00826. The second kappa shape index (κ2) is 15.7. The zero-order valence-corrected chi connectivity index (χ0v) is 24.5. The topological polar surface area (TPSA) is 74.6 Å². The van der Waals surface area contributed by atoms with Gasteiger partial charge in [-0.25, -0.2) is 0 Å². The molecule has 0 saturated carbocycles. The molecule has 0 bridgehead atoms. The molecule has 4 aromatic carbocycles. The van der Waals surface area contributed by atoms with E-state index in [4.69, 9.17) is 10.0 Å². The van der Waals surface area contributed by atoms with Gasteiger partial charge in [-0.2, -0.15) is 26.3 Å². The van der Waals surface area contributed by atoms with Gasteiger partial charge in [0.15, 0.2) is 11.6 Å². The summed E-state index contributed by atoms with van der Waals surface area (Å²) < 4.78 is 74.3. The van der Waals surface area contributed by atoms with Gasteiger partial charge >= 0.3 is 19.5 Å². The predicted molar refractivity (Wildman–Crippen MR) is 156 cm³/mol. The van der Waals surface area contributed by atoms with Gasteiger partial charge in [-0.1, -0.05) is 88.7 Å². The molecule has 2 N–H and O–H groups in total. The van der Waals surface area contributed by atoms with E-state index in [2.05, 4.69) is 15.9 Å². The minimum Gasteiger partial charge on any atom is -0.423 e. The van der Waals surface area contributed by atoms with Crippen LogP contribution in [0.2, 0.25) is 0 Å². The number of ketones is 2. The first-order chi connectivity index (χ1) is 20.0. The normalized spacial score (nSPS) is 11.0. The largest absolute Gasteiger partial charge is 0.488 e. The summed E-state index contributed by atoms with van der Waals surface area (Å²) in [5.74, 6) is 0.0959. The lowest BCUT2D eigenvalue weighted by Crippen LogP contribution is -2.29. The average molecular weight is 667 g/mol. The van der Waals surface area contributed by atoms with Crippen LogP contribution in [0.1, 0.15) is 56.8 Å². The molecule has 0 heterocycles. The second-order valence-electron chi connectivity index (χ2n) is 9.18. The molecule has 0 atom stereocenters. The lowest BCUT2D eigenvalue weighted by Gasteiger charge is -2.08. The molecule has 0 aliphatic heterocycles. The third kappa shape index (κ3) is 12.2. The maximum atomic E-state index is 12.4. The predicted octanol–water partition coefficient (Wildman–Crippen LogP) is 7.54. The van der Waals surface area contributed by atoms with Crippen LogP contribution in [0.5, 0.6) is 0 Å². The fraction of sp³-hybridized carbons (Fsp3) is 0.161. The number of carbonyl (C=O) groups is 2. The fourth-order valence-corrected chi connectivity index (χ4v) is 3.70. The van der Waals surface area contributed by atoms with Crippen LogP contribution in [0.4, 0.5) is 26.3 Å². The fourth-order valence-electron chi connectivity index (χ4n) is 3.43. The van der Waals surface area contributed by atoms with Crippen LogP contribution >= 0.6 is 15.9 Å². The number of halogens is 7. The van der Waals surface area contributed by atoms with Gasteiger partial charge in [-0.15, -0.1) is 0 Å². The van der Waals surface area contributed by atoms with Crippen molar-refractivity contribution in [1.82, 2.24) is 0 Å². The zero-order valence-electron chi connectivity index (χ0n) is 22.9. The molecule has 0 amide bonds. The summed E-state index contributed by atoms with van der Waals surface area (Å²) in [6.45, 7) is 3.05. The SMILES string of the molecule is CC(=O)c1ccc(Br)cc1.CC(=O)c1ccc(Cc2ccc(C(F)(F)F)cc2)cc1.OB(O)c1ccc(C(F)(F)F)cc1. The Morgan fingerprint density at radius 3 is 1.26 bits per heavy atom.